The van der Waals surface area contributed by atoms with Crippen molar-refractivity contribution in [1.82, 2.24) is 0 Å². The Morgan fingerprint density at radius 2 is 2.05 bits per heavy atom. The third-order valence-corrected chi connectivity index (χ3v) is 3.93. The zero-order valence-electron chi connectivity index (χ0n) is 13.1. The van der Waals surface area contributed by atoms with E-state index >= 15 is 0 Å². The SMILES string of the molecule is C=C(C)C1(CCCC)C(=O)C(OCOCCOC)=C1C. The molecule has 1 aliphatic rings. The maximum absolute atomic E-state index is 12.4. The number of Topliss-reactive ketones (excluding diaryl/α,β-unsaturated/α-hetero) is 1. The lowest BCUT2D eigenvalue weighted by atomic mass is 9.60. The highest BCUT2D eigenvalue weighted by Crippen LogP contribution is 2.51. The van der Waals surface area contributed by atoms with Crippen LogP contribution in [0.3, 0.4) is 0 Å². The number of hydrogen-bond acceptors (Lipinski definition) is 4. The molecule has 114 valence electrons. The zero-order chi connectivity index (χ0) is 15.2. The van der Waals surface area contributed by atoms with Gasteiger partial charge in [0.2, 0.25) is 5.78 Å². The van der Waals surface area contributed by atoms with E-state index in [1.807, 2.05) is 13.8 Å². The molecular weight excluding hydrogens is 256 g/mol. The topological polar surface area (TPSA) is 44.8 Å². The van der Waals surface area contributed by atoms with Gasteiger partial charge in [-0.1, -0.05) is 31.9 Å². The largest absolute Gasteiger partial charge is 0.464 e. The lowest BCUT2D eigenvalue weighted by Gasteiger charge is -2.43. The molecular formula is C16H26O4. The second-order valence-electron chi connectivity index (χ2n) is 5.24. The second-order valence-corrected chi connectivity index (χ2v) is 5.24. The molecule has 0 heterocycles. The van der Waals surface area contributed by atoms with Gasteiger partial charge < -0.3 is 14.2 Å². The lowest BCUT2D eigenvalue weighted by Crippen LogP contribution is -2.45. The van der Waals surface area contributed by atoms with Gasteiger partial charge in [-0.3, -0.25) is 4.79 Å². The maximum atomic E-state index is 12.4. The van der Waals surface area contributed by atoms with Gasteiger partial charge in [0.1, 0.15) is 0 Å². The van der Waals surface area contributed by atoms with E-state index in [1.54, 1.807) is 7.11 Å². The standard InChI is InChI=1S/C16H26O4/c1-6-7-8-16(12(2)3)13(4)14(15(16)17)20-11-19-10-9-18-5/h2,6-11H2,1,3-5H3. The minimum absolute atomic E-state index is 0.0475. The number of ether oxygens (including phenoxy) is 3. The highest BCUT2D eigenvalue weighted by Gasteiger charge is 2.52. The first kappa shape index (κ1) is 16.9. The van der Waals surface area contributed by atoms with Crippen LogP contribution in [0, 0.1) is 5.41 Å². The number of carbonyl (C=O) groups is 1. The number of methoxy groups -OCH3 is 1. The summed E-state index contributed by atoms with van der Waals surface area (Å²) in [6, 6.07) is 0. The van der Waals surface area contributed by atoms with Crippen LogP contribution in [0.2, 0.25) is 0 Å². The van der Waals surface area contributed by atoms with Crippen molar-refractivity contribution in [2.75, 3.05) is 27.1 Å². The van der Waals surface area contributed by atoms with Crippen molar-refractivity contribution < 1.29 is 19.0 Å². The number of ketones is 1. The summed E-state index contributed by atoms with van der Waals surface area (Å²) in [6.07, 6.45) is 2.89. The minimum Gasteiger partial charge on any atom is -0.464 e. The van der Waals surface area contributed by atoms with Crippen molar-refractivity contribution >= 4 is 5.78 Å². The molecule has 1 aliphatic carbocycles. The van der Waals surface area contributed by atoms with E-state index in [9.17, 15) is 4.79 Å². The molecule has 0 saturated carbocycles. The van der Waals surface area contributed by atoms with Crippen LogP contribution in [0.1, 0.15) is 40.0 Å². The first-order chi connectivity index (χ1) is 9.52. The van der Waals surface area contributed by atoms with E-state index in [2.05, 4.69) is 13.5 Å². The van der Waals surface area contributed by atoms with Crippen LogP contribution in [-0.2, 0) is 19.0 Å². The molecule has 0 spiro atoms. The average molecular weight is 282 g/mol. The van der Waals surface area contributed by atoms with Crippen LogP contribution in [0.5, 0.6) is 0 Å². The van der Waals surface area contributed by atoms with Crippen molar-refractivity contribution in [3.05, 3.63) is 23.5 Å². The summed E-state index contributed by atoms with van der Waals surface area (Å²) >= 11 is 0. The van der Waals surface area contributed by atoms with Crippen LogP contribution >= 0.6 is 0 Å². The van der Waals surface area contributed by atoms with Crippen LogP contribution in [0.15, 0.2) is 23.5 Å². The molecule has 4 nitrogen and oxygen atoms in total. The van der Waals surface area contributed by atoms with Crippen LogP contribution in [0.25, 0.3) is 0 Å². The van der Waals surface area contributed by atoms with E-state index in [-0.39, 0.29) is 12.6 Å². The van der Waals surface area contributed by atoms with Gasteiger partial charge in [-0.15, -0.1) is 0 Å². The van der Waals surface area contributed by atoms with Crippen LogP contribution < -0.4 is 0 Å². The van der Waals surface area contributed by atoms with Crippen LogP contribution in [0.4, 0.5) is 0 Å². The fourth-order valence-corrected chi connectivity index (χ4v) is 2.61. The normalized spacial score (nSPS) is 21.9. The summed E-state index contributed by atoms with van der Waals surface area (Å²) in [5.74, 6) is 0.493. The molecule has 0 amide bonds. The molecule has 20 heavy (non-hydrogen) atoms. The van der Waals surface area contributed by atoms with Gasteiger partial charge in [0.15, 0.2) is 12.6 Å². The predicted octanol–water partition coefficient (Wildman–Crippen LogP) is 3.23. The van der Waals surface area contributed by atoms with Gasteiger partial charge in [0, 0.05) is 7.11 Å². The van der Waals surface area contributed by atoms with E-state index in [1.165, 1.54) is 0 Å². The number of carbonyl (C=O) groups excluding carboxylic acids is 1. The van der Waals surface area contributed by atoms with Crippen molar-refractivity contribution in [2.45, 2.75) is 40.0 Å². The molecule has 0 N–H and O–H groups in total. The summed E-state index contributed by atoms with van der Waals surface area (Å²) in [5, 5.41) is 0. The summed E-state index contributed by atoms with van der Waals surface area (Å²) in [5.41, 5.74) is 1.39. The Labute approximate surface area is 121 Å². The Hall–Kier alpha value is -1.13. The Morgan fingerprint density at radius 3 is 2.55 bits per heavy atom. The summed E-state index contributed by atoms with van der Waals surface area (Å²) in [4.78, 5) is 12.4. The average Bonchev–Trinajstić information content (AvgIpc) is 2.43. The van der Waals surface area contributed by atoms with Crippen molar-refractivity contribution in [2.24, 2.45) is 5.41 Å². The van der Waals surface area contributed by atoms with Gasteiger partial charge >= 0.3 is 0 Å². The highest BCUT2D eigenvalue weighted by molar-refractivity contribution is 6.10. The summed E-state index contributed by atoms with van der Waals surface area (Å²) in [7, 11) is 1.61. The zero-order valence-corrected chi connectivity index (χ0v) is 13.1. The lowest BCUT2D eigenvalue weighted by molar-refractivity contribution is -0.134. The first-order valence-electron chi connectivity index (χ1n) is 7.14. The number of rotatable bonds is 10. The maximum Gasteiger partial charge on any atom is 0.211 e. The van der Waals surface area contributed by atoms with Crippen molar-refractivity contribution in [3.8, 4) is 0 Å². The minimum atomic E-state index is -0.502. The quantitative estimate of drug-likeness (QED) is 0.350. The van der Waals surface area contributed by atoms with Crippen molar-refractivity contribution in [1.29, 1.82) is 0 Å². The molecule has 0 saturated heterocycles. The molecule has 0 aliphatic heterocycles. The van der Waals surface area contributed by atoms with Gasteiger partial charge in [-0.2, -0.15) is 0 Å². The molecule has 0 aromatic rings. The molecule has 0 fully saturated rings. The third kappa shape index (κ3) is 3.13. The summed E-state index contributed by atoms with van der Waals surface area (Å²) < 4.78 is 15.5. The van der Waals surface area contributed by atoms with Gasteiger partial charge in [0.05, 0.1) is 18.6 Å². The molecule has 4 heteroatoms. The fraction of sp³-hybridized carbons (Fsp3) is 0.688. The molecule has 1 atom stereocenters. The highest BCUT2D eigenvalue weighted by atomic mass is 16.7. The van der Waals surface area contributed by atoms with E-state index < -0.39 is 5.41 Å². The molecule has 0 aromatic heterocycles. The van der Waals surface area contributed by atoms with Crippen LogP contribution in [-0.4, -0.2) is 32.9 Å². The Kier molecular flexibility index (Phi) is 6.43. The predicted molar refractivity (Wildman–Crippen MR) is 78.3 cm³/mol. The number of unbranched alkanes of at least 4 members (excludes halogenated alkanes) is 1. The van der Waals surface area contributed by atoms with E-state index in [4.69, 9.17) is 14.2 Å². The molecule has 1 rings (SSSR count). The smallest absolute Gasteiger partial charge is 0.211 e. The second kappa shape index (κ2) is 7.60. The number of hydrogen-bond donors (Lipinski definition) is 0. The van der Waals surface area contributed by atoms with E-state index in [0.29, 0.717) is 19.0 Å². The Morgan fingerprint density at radius 1 is 1.35 bits per heavy atom. The van der Waals surface area contributed by atoms with Crippen molar-refractivity contribution in [3.63, 3.8) is 0 Å². The Bertz CT molecular complexity index is 397. The molecule has 0 radical (unpaired) electrons. The Balaban J connectivity index is 2.64. The molecule has 1 unspecified atom stereocenters. The first-order valence-corrected chi connectivity index (χ1v) is 7.14. The number of allylic oxidation sites excluding steroid dienone is 3. The fourth-order valence-electron chi connectivity index (χ4n) is 2.61. The van der Waals surface area contributed by atoms with Gasteiger partial charge in [-0.05, 0) is 25.8 Å². The third-order valence-electron chi connectivity index (χ3n) is 3.93. The van der Waals surface area contributed by atoms with Gasteiger partial charge in [-0.25, -0.2) is 0 Å². The van der Waals surface area contributed by atoms with Gasteiger partial charge in [0.25, 0.3) is 0 Å². The van der Waals surface area contributed by atoms with E-state index in [0.717, 1.165) is 30.4 Å². The molecule has 0 bridgehead atoms. The summed E-state index contributed by atoms with van der Waals surface area (Å²) in [6.45, 7) is 11.1. The monoisotopic (exact) mass is 282 g/mol. The molecule has 0 aromatic carbocycles.